The van der Waals surface area contributed by atoms with E-state index >= 15 is 0 Å². The third-order valence-electron chi connectivity index (χ3n) is 3.67. The fourth-order valence-corrected chi connectivity index (χ4v) is 2.58. The maximum absolute atomic E-state index is 5.64. The van der Waals surface area contributed by atoms with Crippen LogP contribution < -0.4 is 5.32 Å². The van der Waals surface area contributed by atoms with E-state index in [-0.39, 0.29) is 0 Å². The minimum absolute atomic E-state index is 0.907. The average Bonchev–Trinajstić information content (AvgIpc) is 2.87. The van der Waals surface area contributed by atoms with Gasteiger partial charge in [-0.15, -0.1) is 0 Å². The number of hydrogen-bond acceptors (Lipinski definition) is 4. The number of hydrogen-bond donors (Lipinski definition) is 1. The lowest BCUT2D eigenvalue weighted by Crippen LogP contribution is -2.45. The number of piperazine rings is 1. The zero-order valence-corrected chi connectivity index (χ0v) is 12.3. The monoisotopic (exact) mass is 265 g/mol. The fourth-order valence-electron chi connectivity index (χ4n) is 2.58. The molecule has 4 heteroatoms. The van der Waals surface area contributed by atoms with E-state index in [4.69, 9.17) is 4.42 Å². The molecule has 0 amide bonds. The summed E-state index contributed by atoms with van der Waals surface area (Å²) in [5.74, 6) is 1.09. The second kappa shape index (κ2) is 7.68. The van der Waals surface area contributed by atoms with E-state index in [1.54, 1.807) is 0 Å². The molecule has 1 fully saturated rings. The number of furan rings is 1. The summed E-state index contributed by atoms with van der Waals surface area (Å²) in [5, 5.41) is 3.32. The molecule has 0 aliphatic carbocycles. The van der Waals surface area contributed by atoms with Crippen molar-refractivity contribution in [2.75, 3.05) is 39.3 Å². The average molecular weight is 265 g/mol. The Bertz CT molecular complexity index is 356. The molecule has 108 valence electrons. The summed E-state index contributed by atoms with van der Waals surface area (Å²) in [6.45, 7) is 13.2. The largest absolute Gasteiger partial charge is 0.468 e. The molecule has 1 aliphatic heterocycles. The Labute approximate surface area is 116 Å². The van der Waals surface area contributed by atoms with Crippen LogP contribution in [0.3, 0.4) is 0 Å². The zero-order valence-electron chi connectivity index (χ0n) is 12.3. The van der Waals surface area contributed by atoms with Gasteiger partial charge < -0.3 is 14.6 Å². The van der Waals surface area contributed by atoms with Crippen LogP contribution in [0.2, 0.25) is 0 Å². The highest BCUT2D eigenvalue weighted by molar-refractivity contribution is 5.12. The molecular formula is C15H27N3O. The lowest BCUT2D eigenvalue weighted by atomic mass is 10.2. The topological polar surface area (TPSA) is 31.6 Å². The van der Waals surface area contributed by atoms with Crippen molar-refractivity contribution in [1.82, 2.24) is 15.1 Å². The van der Waals surface area contributed by atoms with Crippen LogP contribution in [-0.4, -0.2) is 49.1 Å². The third kappa shape index (κ3) is 4.64. The molecule has 2 heterocycles. The van der Waals surface area contributed by atoms with Crippen molar-refractivity contribution in [3.05, 3.63) is 23.7 Å². The van der Waals surface area contributed by atoms with Gasteiger partial charge in [0.25, 0.3) is 0 Å². The molecular weight excluding hydrogens is 238 g/mol. The predicted octanol–water partition coefficient (Wildman–Crippen LogP) is 1.92. The summed E-state index contributed by atoms with van der Waals surface area (Å²) >= 11 is 0. The SMILES string of the molecule is CCCN1CCN(Cc2cc(CNCC)co2)CC1. The summed E-state index contributed by atoms with van der Waals surface area (Å²) in [6, 6.07) is 2.18. The van der Waals surface area contributed by atoms with E-state index in [0.717, 1.165) is 38.5 Å². The molecule has 1 aromatic heterocycles. The molecule has 1 saturated heterocycles. The minimum Gasteiger partial charge on any atom is -0.468 e. The van der Waals surface area contributed by atoms with Crippen molar-refractivity contribution >= 4 is 0 Å². The van der Waals surface area contributed by atoms with Gasteiger partial charge in [0.15, 0.2) is 0 Å². The third-order valence-corrected chi connectivity index (χ3v) is 3.67. The Kier molecular flexibility index (Phi) is 5.89. The Balaban J connectivity index is 1.74. The van der Waals surface area contributed by atoms with Gasteiger partial charge >= 0.3 is 0 Å². The van der Waals surface area contributed by atoms with Gasteiger partial charge in [-0.3, -0.25) is 4.90 Å². The van der Waals surface area contributed by atoms with Gasteiger partial charge in [0, 0.05) is 38.3 Å². The summed E-state index contributed by atoms with van der Waals surface area (Å²) in [4.78, 5) is 5.04. The Morgan fingerprint density at radius 3 is 2.58 bits per heavy atom. The lowest BCUT2D eigenvalue weighted by molar-refractivity contribution is 0.121. The van der Waals surface area contributed by atoms with Gasteiger partial charge in [0.2, 0.25) is 0 Å². The highest BCUT2D eigenvalue weighted by Gasteiger charge is 2.17. The summed E-state index contributed by atoms with van der Waals surface area (Å²) < 4.78 is 5.64. The highest BCUT2D eigenvalue weighted by atomic mass is 16.3. The van der Waals surface area contributed by atoms with E-state index in [9.17, 15) is 0 Å². The van der Waals surface area contributed by atoms with Crippen LogP contribution in [0.4, 0.5) is 0 Å². The fraction of sp³-hybridized carbons (Fsp3) is 0.733. The van der Waals surface area contributed by atoms with Gasteiger partial charge in [-0.1, -0.05) is 13.8 Å². The van der Waals surface area contributed by atoms with Crippen LogP contribution in [0.1, 0.15) is 31.6 Å². The molecule has 1 aliphatic rings. The number of nitrogens with zero attached hydrogens (tertiary/aromatic N) is 2. The van der Waals surface area contributed by atoms with Crippen LogP contribution in [0.25, 0.3) is 0 Å². The number of rotatable bonds is 7. The van der Waals surface area contributed by atoms with Crippen LogP contribution in [-0.2, 0) is 13.1 Å². The number of nitrogens with one attached hydrogen (secondary N) is 1. The summed E-state index contributed by atoms with van der Waals surface area (Å²) in [7, 11) is 0. The quantitative estimate of drug-likeness (QED) is 0.816. The highest BCUT2D eigenvalue weighted by Crippen LogP contribution is 2.12. The molecule has 0 unspecified atom stereocenters. The van der Waals surface area contributed by atoms with Gasteiger partial charge in [0.05, 0.1) is 12.8 Å². The van der Waals surface area contributed by atoms with Gasteiger partial charge in [-0.25, -0.2) is 0 Å². The van der Waals surface area contributed by atoms with Gasteiger partial charge in [-0.05, 0) is 25.6 Å². The first-order chi connectivity index (χ1) is 9.31. The summed E-state index contributed by atoms with van der Waals surface area (Å²) in [5.41, 5.74) is 1.25. The van der Waals surface area contributed by atoms with Crippen LogP contribution in [0.15, 0.2) is 16.7 Å². The maximum Gasteiger partial charge on any atom is 0.118 e. The molecule has 0 bridgehead atoms. The molecule has 0 atom stereocenters. The van der Waals surface area contributed by atoms with Crippen molar-refractivity contribution in [3.8, 4) is 0 Å². The molecule has 19 heavy (non-hydrogen) atoms. The van der Waals surface area contributed by atoms with E-state index in [1.165, 1.54) is 31.6 Å². The molecule has 0 aromatic carbocycles. The van der Waals surface area contributed by atoms with Crippen molar-refractivity contribution in [3.63, 3.8) is 0 Å². The van der Waals surface area contributed by atoms with Crippen LogP contribution >= 0.6 is 0 Å². The van der Waals surface area contributed by atoms with Crippen molar-refractivity contribution in [2.45, 2.75) is 33.4 Å². The Morgan fingerprint density at radius 2 is 1.89 bits per heavy atom. The predicted molar refractivity (Wildman–Crippen MR) is 78.1 cm³/mol. The van der Waals surface area contributed by atoms with Gasteiger partial charge in [-0.2, -0.15) is 0 Å². The molecule has 2 rings (SSSR count). The lowest BCUT2D eigenvalue weighted by Gasteiger charge is -2.33. The minimum atomic E-state index is 0.907. The second-order valence-corrected chi connectivity index (χ2v) is 5.32. The van der Waals surface area contributed by atoms with Crippen LogP contribution in [0.5, 0.6) is 0 Å². The van der Waals surface area contributed by atoms with E-state index < -0.39 is 0 Å². The standard InChI is InChI=1S/C15H27N3O/c1-3-5-17-6-8-18(9-7-17)12-15-10-14(13-19-15)11-16-4-2/h10,13,16H,3-9,11-12H2,1-2H3. The molecule has 1 N–H and O–H groups in total. The van der Waals surface area contributed by atoms with Crippen molar-refractivity contribution in [2.24, 2.45) is 0 Å². The van der Waals surface area contributed by atoms with Crippen LogP contribution in [0, 0.1) is 0 Å². The second-order valence-electron chi connectivity index (χ2n) is 5.32. The molecule has 1 aromatic rings. The van der Waals surface area contributed by atoms with E-state index in [1.807, 2.05) is 6.26 Å². The molecule has 0 radical (unpaired) electrons. The first-order valence-electron chi connectivity index (χ1n) is 7.53. The smallest absolute Gasteiger partial charge is 0.118 e. The van der Waals surface area contributed by atoms with Crippen molar-refractivity contribution in [1.29, 1.82) is 0 Å². The van der Waals surface area contributed by atoms with Crippen molar-refractivity contribution < 1.29 is 4.42 Å². The molecule has 4 nitrogen and oxygen atoms in total. The zero-order chi connectivity index (χ0) is 13.5. The molecule has 0 saturated carbocycles. The van der Waals surface area contributed by atoms with Gasteiger partial charge in [0.1, 0.15) is 5.76 Å². The first kappa shape index (κ1) is 14.6. The van der Waals surface area contributed by atoms with E-state index in [0.29, 0.717) is 0 Å². The normalized spacial score (nSPS) is 18.0. The van der Waals surface area contributed by atoms with E-state index in [2.05, 4.69) is 35.0 Å². The first-order valence-corrected chi connectivity index (χ1v) is 7.53. The maximum atomic E-state index is 5.64. The molecule has 0 spiro atoms. The Hall–Kier alpha value is -0.840. The Morgan fingerprint density at radius 1 is 1.16 bits per heavy atom. The summed E-state index contributed by atoms with van der Waals surface area (Å²) in [6.07, 6.45) is 3.14.